The van der Waals surface area contributed by atoms with Gasteiger partial charge >= 0.3 is 0 Å². The fourth-order valence-corrected chi connectivity index (χ4v) is 2.93. The monoisotopic (exact) mass is 367 g/mol. The second-order valence-corrected chi connectivity index (χ2v) is 6.22. The van der Waals surface area contributed by atoms with E-state index in [1.54, 1.807) is 48.3 Å². The Morgan fingerprint density at radius 2 is 1.81 bits per heavy atom. The Hall–Kier alpha value is -3.35. The summed E-state index contributed by atoms with van der Waals surface area (Å²) in [5.41, 5.74) is 1.41. The zero-order valence-corrected chi connectivity index (χ0v) is 15.0. The third-order valence-electron chi connectivity index (χ3n) is 4.32. The lowest BCUT2D eigenvalue weighted by atomic mass is 10.1. The van der Waals surface area contributed by atoms with Crippen molar-refractivity contribution in [3.8, 4) is 5.75 Å². The zero-order chi connectivity index (χ0) is 19.2. The van der Waals surface area contributed by atoms with Gasteiger partial charge in [-0.25, -0.2) is 0 Å². The van der Waals surface area contributed by atoms with Crippen LogP contribution in [0.2, 0.25) is 0 Å². The van der Waals surface area contributed by atoms with E-state index in [9.17, 15) is 14.4 Å². The molecule has 7 nitrogen and oxygen atoms in total. The van der Waals surface area contributed by atoms with Crippen LogP contribution in [-0.2, 0) is 14.4 Å². The molecular weight excluding hydrogens is 346 g/mol. The van der Waals surface area contributed by atoms with E-state index >= 15 is 0 Å². The van der Waals surface area contributed by atoms with E-state index in [4.69, 9.17) is 4.74 Å². The molecule has 7 heteroatoms. The third-order valence-corrected chi connectivity index (χ3v) is 4.32. The number of para-hydroxylation sites is 1. The average molecular weight is 367 g/mol. The number of hydrogen-bond donors (Lipinski definition) is 2. The molecule has 1 fully saturated rings. The van der Waals surface area contributed by atoms with Gasteiger partial charge in [-0.2, -0.15) is 0 Å². The fraction of sp³-hybridized carbons (Fsp3) is 0.250. The molecule has 0 bridgehead atoms. The molecule has 140 valence electrons. The summed E-state index contributed by atoms with van der Waals surface area (Å²) in [7, 11) is 1.57. The van der Waals surface area contributed by atoms with Crippen LogP contribution in [0.4, 0.5) is 11.4 Å². The molecule has 2 N–H and O–H groups in total. The van der Waals surface area contributed by atoms with Crippen LogP contribution in [0.15, 0.2) is 54.6 Å². The van der Waals surface area contributed by atoms with Crippen molar-refractivity contribution >= 4 is 29.1 Å². The van der Waals surface area contributed by atoms with Crippen LogP contribution in [-0.4, -0.2) is 37.9 Å². The van der Waals surface area contributed by atoms with E-state index in [-0.39, 0.29) is 36.7 Å². The number of amides is 3. The van der Waals surface area contributed by atoms with Gasteiger partial charge in [-0.15, -0.1) is 0 Å². The molecule has 0 unspecified atom stereocenters. The maximum atomic E-state index is 12.1. The maximum Gasteiger partial charge on any atom is 0.262 e. The number of hydrogen-bond acceptors (Lipinski definition) is 4. The molecule has 0 spiro atoms. The van der Waals surface area contributed by atoms with Crippen LogP contribution >= 0.6 is 0 Å². The number of rotatable bonds is 6. The Morgan fingerprint density at radius 3 is 2.48 bits per heavy atom. The molecule has 1 heterocycles. The van der Waals surface area contributed by atoms with Crippen LogP contribution in [0.25, 0.3) is 0 Å². The molecule has 1 atom stereocenters. The van der Waals surface area contributed by atoms with Crippen LogP contribution in [0, 0.1) is 5.92 Å². The predicted octanol–water partition coefficient (Wildman–Crippen LogP) is 1.80. The highest BCUT2D eigenvalue weighted by molar-refractivity contribution is 6.00. The molecule has 3 rings (SSSR count). The summed E-state index contributed by atoms with van der Waals surface area (Å²) < 4.78 is 5.48. The summed E-state index contributed by atoms with van der Waals surface area (Å²) in [6, 6.07) is 16.0. The SMILES string of the molecule is CNC(=O)[C@@H]1CC(=O)N(c2ccc(OCC(=O)Nc3ccccc3)cc2)C1. The standard InChI is InChI=1S/C20H21N3O4/c1-21-20(26)14-11-19(25)23(12-14)16-7-9-17(10-8-16)27-13-18(24)22-15-5-3-2-4-6-15/h2-10,14H,11-13H2,1H3,(H,21,26)(H,22,24)/t14-/m1/s1. The summed E-state index contributed by atoms with van der Waals surface area (Å²) in [6.07, 6.45) is 0.206. The molecule has 27 heavy (non-hydrogen) atoms. The zero-order valence-electron chi connectivity index (χ0n) is 15.0. The number of nitrogens with zero attached hydrogens (tertiary/aromatic N) is 1. The van der Waals surface area contributed by atoms with Gasteiger partial charge in [0, 0.05) is 31.4 Å². The Kier molecular flexibility index (Phi) is 5.71. The second kappa shape index (κ2) is 8.35. The Balaban J connectivity index is 1.54. The molecule has 0 radical (unpaired) electrons. The number of carbonyl (C=O) groups is 3. The molecule has 0 saturated carbocycles. The first kappa shape index (κ1) is 18.4. The topological polar surface area (TPSA) is 87.7 Å². The lowest BCUT2D eigenvalue weighted by Crippen LogP contribution is -2.30. The van der Waals surface area contributed by atoms with Gasteiger partial charge in [-0.1, -0.05) is 18.2 Å². The predicted molar refractivity (Wildman–Crippen MR) is 102 cm³/mol. The van der Waals surface area contributed by atoms with E-state index in [0.29, 0.717) is 23.7 Å². The van der Waals surface area contributed by atoms with Crippen molar-refractivity contribution in [2.24, 2.45) is 5.92 Å². The lowest BCUT2D eigenvalue weighted by molar-refractivity contribution is -0.125. The minimum atomic E-state index is -0.333. The van der Waals surface area contributed by atoms with Crippen LogP contribution in [0.3, 0.4) is 0 Å². The van der Waals surface area contributed by atoms with Gasteiger partial charge < -0.3 is 20.3 Å². The Labute approximate surface area is 157 Å². The molecule has 1 aliphatic heterocycles. The van der Waals surface area contributed by atoms with Crippen LogP contribution in [0.5, 0.6) is 5.75 Å². The summed E-state index contributed by atoms with van der Waals surface area (Å²) in [5, 5.41) is 5.32. The molecule has 0 aromatic heterocycles. The van der Waals surface area contributed by atoms with Crippen LogP contribution < -0.4 is 20.3 Å². The Bertz CT molecular complexity index is 821. The highest BCUT2D eigenvalue weighted by atomic mass is 16.5. The third kappa shape index (κ3) is 4.63. The summed E-state index contributed by atoms with van der Waals surface area (Å²) in [5.74, 6) is -0.278. The number of benzene rings is 2. The summed E-state index contributed by atoms with van der Waals surface area (Å²) >= 11 is 0. The number of carbonyl (C=O) groups excluding carboxylic acids is 3. The van der Waals surface area contributed by atoms with E-state index in [1.807, 2.05) is 18.2 Å². The van der Waals surface area contributed by atoms with Gasteiger partial charge in [-0.05, 0) is 36.4 Å². The van der Waals surface area contributed by atoms with Crippen molar-refractivity contribution in [3.05, 3.63) is 54.6 Å². The van der Waals surface area contributed by atoms with Crippen molar-refractivity contribution in [1.29, 1.82) is 0 Å². The summed E-state index contributed by atoms with van der Waals surface area (Å²) in [6.45, 7) is 0.244. The average Bonchev–Trinajstić information content (AvgIpc) is 3.08. The molecule has 3 amide bonds. The molecular formula is C20H21N3O4. The van der Waals surface area contributed by atoms with Crippen molar-refractivity contribution in [3.63, 3.8) is 0 Å². The number of ether oxygens (including phenoxy) is 1. The fourth-order valence-electron chi connectivity index (χ4n) is 2.93. The van der Waals surface area contributed by atoms with Crippen molar-refractivity contribution in [2.45, 2.75) is 6.42 Å². The molecule has 2 aromatic rings. The second-order valence-electron chi connectivity index (χ2n) is 6.22. The Morgan fingerprint density at radius 1 is 1.11 bits per heavy atom. The van der Waals surface area contributed by atoms with Gasteiger partial charge in [0.15, 0.2) is 6.61 Å². The van der Waals surface area contributed by atoms with Gasteiger partial charge in [0.2, 0.25) is 11.8 Å². The first-order chi connectivity index (χ1) is 13.1. The normalized spacial score (nSPS) is 16.1. The summed E-state index contributed by atoms with van der Waals surface area (Å²) in [4.78, 5) is 37.4. The van der Waals surface area contributed by atoms with E-state index in [1.165, 1.54) is 0 Å². The van der Waals surface area contributed by atoms with Gasteiger partial charge in [-0.3, -0.25) is 14.4 Å². The van der Waals surface area contributed by atoms with E-state index < -0.39 is 0 Å². The first-order valence-electron chi connectivity index (χ1n) is 8.66. The molecule has 1 aliphatic rings. The van der Waals surface area contributed by atoms with Crippen molar-refractivity contribution in [2.75, 3.05) is 30.4 Å². The van der Waals surface area contributed by atoms with E-state index in [0.717, 1.165) is 0 Å². The minimum Gasteiger partial charge on any atom is -0.484 e. The van der Waals surface area contributed by atoms with Crippen molar-refractivity contribution < 1.29 is 19.1 Å². The number of nitrogens with one attached hydrogen (secondary N) is 2. The van der Waals surface area contributed by atoms with E-state index in [2.05, 4.69) is 10.6 Å². The van der Waals surface area contributed by atoms with Gasteiger partial charge in [0.05, 0.1) is 5.92 Å². The number of anilines is 2. The quantitative estimate of drug-likeness (QED) is 0.815. The first-order valence-corrected chi connectivity index (χ1v) is 8.66. The van der Waals surface area contributed by atoms with Crippen molar-refractivity contribution in [1.82, 2.24) is 5.32 Å². The minimum absolute atomic E-state index is 0.0838. The largest absolute Gasteiger partial charge is 0.484 e. The lowest BCUT2D eigenvalue weighted by Gasteiger charge is -2.17. The highest BCUT2D eigenvalue weighted by Gasteiger charge is 2.34. The van der Waals surface area contributed by atoms with Crippen LogP contribution in [0.1, 0.15) is 6.42 Å². The van der Waals surface area contributed by atoms with Gasteiger partial charge in [0.1, 0.15) is 5.75 Å². The highest BCUT2D eigenvalue weighted by Crippen LogP contribution is 2.27. The molecule has 2 aromatic carbocycles. The molecule has 0 aliphatic carbocycles. The molecule has 1 saturated heterocycles. The smallest absolute Gasteiger partial charge is 0.262 e. The van der Waals surface area contributed by atoms with Gasteiger partial charge in [0.25, 0.3) is 5.91 Å². The maximum absolute atomic E-state index is 12.1.